The maximum absolute atomic E-state index is 12.4. The number of benzene rings is 2. The third-order valence-corrected chi connectivity index (χ3v) is 4.87. The van der Waals surface area contributed by atoms with Crippen molar-refractivity contribution in [3.05, 3.63) is 60.2 Å². The van der Waals surface area contributed by atoms with Crippen LogP contribution in [0.1, 0.15) is 30.1 Å². The minimum atomic E-state index is -1.23. The van der Waals surface area contributed by atoms with Gasteiger partial charge in [0.05, 0.1) is 13.7 Å². The Labute approximate surface area is 181 Å². The molecule has 8 heteroatoms. The van der Waals surface area contributed by atoms with Crippen molar-refractivity contribution in [2.75, 3.05) is 25.6 Å². The van der Waals surface area contributed by atoms with Crippen LogP contribution in [0.15, 0.2) is 54.6 Å². The van der Waals surface area contributed by atoms with E-state index >= 15 is 0 Å². The first-order valence-electron chi connectivity index (χ1n) is 10.1. The highest BCUT2D eigenvalue weighted by atomic mass is 16.5. The van der Waals surface area contributed by atoms with Gasteiger partial charge in [0.25, 0.3) is 5.91 Å². The molecular weight excluding hydrogens is 398 g/mol. The first-order valence-corrected chi connectivity index (χ1v) is 10.1. The van der Waals surface area contributed by atoms with Gasteiger partial charge in [-0.2, -0.15) is 0 Å². The van der Waals surface area contributed by atoms with Crippen LogP contribution in [0, 0.1) is 0 Å². The van der Waals surface area contributed by atoms with Crippen molar-refractivity contribution in [2.24, 2.45) is 0 Å². The summed E-state index contributed by atoms with van der Waals surface area (Å²) in [5, 5.41) is 8.57. The Morgan fingerprint density at radius 1 is 1.06 bits per heavy atom. The molecule has 0 spiro atoms. The van der Waals surface area contributed by atoms with Gasteiger partial charge >= 0.3 is 5.97 Å². The summed E-state index contributed by atoms with van der Waals surface area (Å²) in [6.07, 6.45) is 2.00. The van der Waals surface area contributed by atoms with E-state index in [1.807, 2.05) is 18.2 Å². The lowest BCUT2D eigenvalue weighted by molar-refractivity contribution is -0.149. The number of esters is 1. The minimum absolute atomic E-state index is 0.0200. The molecule has 3 rings (SSSR count). The molecule has 31 heavy (non-hydrogen) atoms. The second kappa shape index (κ2) is 10.1. The molecule has 8 nitrogen and oxygen atoms in total. The van der Waals surface area contributed by atoms with Crippen molar-refractivity contribution in [3.8, 4) is 5.75 Å². The van der Waals surface area contributed by atoms with Gasteiger partial charge in [-0.3, -0.25) is 14.9 Å². The number of amides is 2. The molecule has 0 heterocycles. The van der Waals surface area contributed by atoms with E-state index in [-0.39, 0.29) is 31.0 Å². The van der Waals surface area contributed by atoms with E-state index in [0.29, 0.717) is 17.0 Å². The van der Waals surface area contributed by atoms with Crippen molar-refractivity contribution in [1.29, 1.82) is 0 Å². The summed E-state index contributed by atoms with van der Waals surface area (Å²) in [7, 11) is 1.28. The lowest BCUT2D eigenvalue weighted by Crippen LogP contribution is -2.56. The second-order valence-corrected chi connectivity index (χ2v) is 7.66. The van der Waals surface area contributed by atoms with Crippen molar-refractivity contribution in [1.82, 2.24) is 10.6 Å². The van der Waals surface area contributed by atoms with Crippen LogP contribution in [0.2, 0.25) is 0 Å². The number of nitrogens with one attached hydrogen (secondary N) is 3. The molecule has 0 aliphatic heterocycles. The van der Waals surface area contributed by atoms with E-state index in [0.717, 1.165) is 12.8 Å². The molecular formula is C23H27N3O5. The summed E-state index contributed by atoms with van der Waals surface area (Å²) in [6.45, 7) is 1.44. The standard InChI is InChI=1S/C23H27N3O5/c1-23(22(29)30-2,15-31-19-9-4-3-5-10-19)24-14-20(27)25-18-8-6-7-16(13-18)21(28)26-17-11-12-17/h3-10,13,17,24H,11-12,14-15H2,1-2H3,(H,25,27)(H,26,28). The molecule has 1 aliphatic carbocycles. The molecule has 2 aromatic rings. The van der Waals surface area contributed by atoms with E-state index in [9.17, 15) is 14.4 Å². The second-order valence-electron chi connectivity index (χ2n) is 7.66. The summed E-state index contributed by atoms with van der Waals surface area (Å²) in [5.74, 6) is -0.470. The maximum atomic E-state index is 12.4. The average Bonchev–Trinajstić information content (AvgIpc) is 3.60. The molecule has 1 saturated carbocycles. The Hall–Kier alpha value is -3.39. The van der Waals surface area contributed by atoms with Crippen LogP contribution >= 0.6 is 0 Å². The number of hydrogen-bond donors (Lipinski definition) is 3. The first-order chi connectivity index (χ1) is 14.9. The molecule has 1 fully saturated rings. The fourth-order valence-electron chi connectivity index (χ4n) is 2.87. The molecule has 0 aromatic heterocycles. The van der Waals surface area contributed by atoms with Crippen molar-refractivity contribution in [2.45, 2.75) is 31.3 Å². The normalized spacial score (nSPS) is 14.8. The molecule has 1 aliphatic rings. The highest BCUT2D eigenvalue weighted by Crippen LogP contribution is 2.20. The van der Waals surface area contributed by atoms with Crippen LogP contribution in [0.5, 0.6) is 5.75 Å². The number of hydrogen-bond acceptors (Lipinski definition) is 6. The van der Waals surface area contributed by atoms with Crippen LogP contribution in [0.4, 0.5) is 5.69 Å². The van der Waals surface area contributed by atoms with E-state index in [4.69, 9.17) is 9.47 Å². The van der Waals surface area contributed by atoms with Crippen molar-refractivity contribution < 1.29 is 23.9 Å². The highest BCUT2D eigenvalue weighted by Gasteiger charge is 2.35. The predicted molar refractivity (Wildman–Crippen MR) is 116 cm³/mol. The number of carbonyl (C=O) groups is 3. The monoisotopic (exact) mass is 425 g/mol. The largest absolute Gasteiger partial charge is 0.491 e. The molecule has 0 saturated heterocycles. The van der Waals surface area contributed by atoms with Gasteiger partial charge < -0.3 is 20.1 Å². The van der Waals surface area contributed by atoms with Gasteiger partial charge in [0, 0.05) is 17.3 Å². The Bertz CT molecular complexity index is 930. The Morgan fingerprint density at radius 3 is 2.48 bits per heavy atom. The third-order valence-electron chi connectivity index (χ3n) is 4.87. The zero-order valence-corrected chi connectivity index (χ0v) is 17.6. The Balaban J connectivity index is 1.56. The molecule has 0 bridgehead atoms. The number of ether oxygens (including phenoxy) is 2. The zero-order valence-electron chi connectivity index (χ0n) is 17.6. The SMILES string of the molecule is COC(=O)C(C)(COc1ccccc1)NCC(=O)Nc1cccc(C(=O)NC2CC2)c1. The van der Waals surface area contributed by atoms with Gasteiger partial charge in [-0.05, 0) is 50.1 Å². The zero-order chi connectivity index (χ0) is 22.3. The van der Waals surface area contributed by atoms with E-state index < -0.39 is 11.5 Å². The fraction of sp³-hybridized carbons (Fsp3) is 0.348. The number of anilines is 1. The number of para-hydroxylation sites is 1. The smallest absolute Gasteiger partial charge is 0.329 e. The van der Waals surface area contributed by atoms with Crippen LogP contribution in [0.3, 0.4) is 0 Å². The summed E-state index contributed by atoms with van der Waals surface area (Å²) < 4.78 is 10.6. The first kappa shape index (κ1) is 22.3. The third kappa shape index (κ3) is 6.55. The molecule has 1 unspecified atom stereocenters. The van der Waals surface area contributed by atoms with E-state index in [1.165, 1.54) is 7.11 Å². The Kier molecular flexibility index (Phi) is 7.25. The van der Waals surface area contributed by atoms with Gasteiger partial charge in [0.1, 0.15) is 17.9 Å². The van der Waals surface area contributed by atoms with Gasteiger partial charge in [-0.15, -0.1) is 0 Å². The molecule has 2 amide bonds. The highest BCUT2D eigenvalue weighted by molar-refractivity contribution is 5.98. The summed E-state index contributed by atoms with van der Waals surface area (Å²) in [5.41, 5.74) is -0.252. The molecule has 0 radical (unpaired) electrons. The van der Waals surface area contributed by atoms with Crippen LogP contribution < -0.4 is 20.7 Å². The van der Waals surface area contributed by atoms with E-state index in [2.05, 4.69) is 16.0 Å². The number of carbonyl (C=O) groups excluding carboxylic acids is 3. The Morgan fingerprint density at radius 2 is 1.81 bits per heavy atom. The number of rotatable bonds is 10. The van der Waals surface area contributed by atoms with Gasteiger partial charge in [0.15, 0.2) is 0 Å². The maximum Gasteiger partial charge on any atom is 0.329 e. The quantitative estimate of drug-likeness (QED) is 0.504. The van der Waals surface area contributed by atoms with Crippen LogP contribution in [-0.2, 0) is 14.3 Å². The van der Waals surface area contributed by atoms with Crippen LogP contribution in [-0.4, -0.2) is 49.6 Å². The molecule has 2 aromatic carbocycles. The molecule has 3 N–H and O–H groups in total. The lowest BCUT2D eigenvalue weighted by Gasteiger charge is -2.27. The lowest BCUT2D eigenvalue weighted by atomic mass is 10.0. The summed E-state index contributed by atoms with van der Waals surface area (Å²) in [6, 6.07) is 16.0. The minimum Gasteiger partial charge on any atom is -0.491 e. The molecule has 164 valence electrons. The average molecular weight is 425 g/mol. The predicted octanol–water partition coefficient (Wildman–Crippen LogP) is 2.12. The van der Waals surface area contributed by atoms with Gasteiger partial charge in [-0.25, -0.2) is 4.79 Å². The molecule has 1 atom stereocenters. The van der Waals surface area contributed by atoms with E-state index in [1.54, 1.807) is 43.3 Å². The topological polar surface area (TPSA) is 106 Å². The van der Waals surface area contributed by atoms with Gasteiger partial charge in [0.2, 0.25) is 5.91 Å². The summed E-state index contributed by atoms with van der Waals surface area (Å²) in [4.78, 5) is 36.9. The summed E-state index contributed by atoms with van der Waals surface area (Å²) >= 11 is 0. The van der Waals surface area contributed by atoms with Crippen molar-refractivity contribution in [3.63, 3.8) is 0 Å². The number of methoxy groups -OCH3 is 1. The van der Waals surface area contributed by atoms with Crippen molar-refractivity contribution >= 4 is 23.5 Å². The van der Waals surface area contributed by atoms with Crippen LogP contribution in [0.25, 0.3) is 0 Å². The van der Waals surface area contributed by atoms with Gasteiger partial charge in [-0.1, -0.05) is 24.3 Å². The fourth-order valence-corrected chi connectivity index (χ4v) is 2.87.